The molecule has 7 heteroatoms. The van der Waals surface area contributed by atoms with Crippen molar-refractivity contribution in [1.82, 2.24) is 14.8 Å². The zero-order chi connectivity index (χ0) is 19.5. The molecule has 1 unspecified atom stereocenters. The molecule has 0 radical (unpaired) electrons. The molecular formula is C19H23N3O4. The summed E-state index contributed by atoms with van der Waals surface area (Å²) in [7, 11) is 1.33. The summed E-state index contributed by atoms with van der Waals surface area (Å²) in [6, 6.07) is 2.38. The average Bonchev–Trinajstić information content (AvgIpc) is 2.66. The number of Topliss-reactive ketones (excluding diaryl/α,β-unsaturated/α-hetero) is 1. The molecule has 2 heterocycles. The van der Waals surface area contributed by atoms with E-state index in [1.54, 1.807) is 12.1 Å². The van der Waals surface area contributed by atoms with E-state index in [9.17, 15) is 19.2 Å². The Kier molecular flexibility index (Phi) is 5.69. The smallest absolute Gasteiger partial charge is 0.292 e. The maximum atomic E-state index is 13.1. The number of hydrogen-bond acceptors (Lipinski definition) is 5. The second kappa shape index (κ2) is 7.59. The molecule has 0 aliphatic carbocycles. The molecular weight excluding hydrogens is 334 g/mol. The van der Waals surface area contributed by atoms with Gasteiger partial charge in [0.1, 0.15) is 5.41 Å². The third-order valence-electron chi connectivity index (χ3n) is 4.68. The van der Waals surface area contributed by atoms with Gasteiger partial charge >= 0.3 is 6.03 Å². The van der Waals surface area contributed by atoms with Crippen LogP contribution in [0.1, 0.15) is 44.0 Å². The lowest BCUT2D eigenvalue weighted by Crippen LogP contribution is -2.64. The molecule has 7 nitrogen and oxygen atoms in total. The first-order chi connectivity index (χ1) is 12.3. The summed E-state index contributed by atoms with van der Waals surface area (Å²) >= 11 is 0. The molecule has 1 aliphatic heterocycles. The molecule has 0 spiro atoms. The molecule has 0 bridgehead atoms. The molecule has 0 aromatic carbocycles. The number of ketones is 1. The van der Waals surface area contributed by atoms with Gasteiger partial charge in [0.2, 0.25) is 5.91 Å². The number of aromatic nitrogens is 1. The summed E-state index contributed by atoms with van der Waals surface area (Å²) < 4.78 is 0. The number of carbonyl (C=O) groups excluding carboxylic acids is 4. The Bertz CT molecular complexity index is 772. The Balaban J connectivity index is 2.42. The SMILES string of the molecule is CC/C=C(\CC)C1(C)C(=O)N(C)C(=O)N(CC(=O)c2cccnc2)C1=O. The lowest BCUT2D eigenvalue weighted by atomic mass is 9.76. The van der Waals surface area contributed by atoms with Gasteiger partial charge < -0.3 is 0 Å². The van der Waals surface area contributed by atoms with Gasteiger partial charge in [-0.3, -0.25) is 29.2 Å². The van der Waals surface area contributed by atoms with Crippen LogP contribution in [0.25, 0.3) is 0 Å². The van der Waals surface area contributed by atoms with Gasteiger partial charge in [-0.15, -0.1) is 0 Å². The quantitative estimate of drug-likeness (QED) is 0.443. The van der Waals surface area contributed by atoms with E-state index in [-0.39, 0.29) is 0 Å². The van der Waals surface area contributed by atoms with Crippen LogP contribution in [0.3, 0.4) is 0 Å². The molecule has 2 rings (SSSR count). The number of hydrogen-bond donors (Lipinski definition) is 0. The van der Waals surface area contributed by atoms with E-state index in [1.807, 2.05) is 19.9 Å². The molecule has 1 saturated heterocycles. The summed E-state index contributed by atoms with van der Waals surface area (Å²) in [4.78, 5) is 56.5. The fourth-order valence-corrected chi connectivity index (χ4v) is 3.18. The van der Waals surface area contributed by atoms with Crippen molar-refractivity contribution in [2.45, 2.75) is 33.6 Å². The maximum absolute atomic E-state index is 13.1. The van der Waals surface area contributed by atoms with Crippen LogP contribution in [0.2, 0.25) is 0 Å². The average molecular weight is 357 g/mol. The van der Waals surface area contributed by atoms with E-state index in [0.29, 0.717) is 24.0 Å². The molecule has 138 valence electrons. The number of barbiturate groups is 1. The van der Waals surface area contributed by atoms with Crippen molar-refractivity contribution in [2.75, 3.05) is 13.6 Å². The Morgan fingerprint density at radius 2 is 1.92 bits per heavy atom. The zero-order valence-corrected chi connectivity index (χ0v) is 15.5. The molecule has 0 saturated carbocycles. The van der Waals surface area contributed by atoms with Gasteiger partial charge in [-0.1, -0.05) is 19.9 Å². The van der Waals surface area contributed by atoms with Crippen LogP contribution >= 0.6 is 0 Å². The lowest BCUT2D eigenvalue weighted by molar-refractivity contribution is -0.153. The Labute approximate surface area is 152 Å². The molecule has 1 aromatic heterocycles. The van der Waals surface area contributed by atoms with E-state index in [4.69, 9.17) is 0 Å². The zero-order valence-electron chi connectivity index (χ0n) is 15.5. The van der Waals surface area contributed by atoms with Crippen molar-refractivity contribution in [3.63, 3.8) is 0 Å². The third kappa shape index (κ3) is 3.16. The predicted octanol–water partition coefficient (Wildman–Crippen LogP) is 2.44. The van der Waals surface area contributed by atoms with Crippen LogP contribution in [-0.4, -0.2) is 52.0 Å². The molecule has 1 aromatic rings. The molecule has 1 aliphatic rings. The van der Waals surface area contributed by atoms with Crippen LogP contribution < -0.4 is 0 Å². The van der Waals surface area contributed by atoms with Crippen molar-refractivity contribution < 1.29 is 19.2 Å². The first-order valence-electron chi connectivity index (χ1n) is 8.55. The summed E-state index contributed by atoms with van der Waals surface area (Å²) in [5.74, 6) is -1.65. The topological polar surface area (TPSA) is 87.7 Å². The van der Waals surface area contributed by atoms with E-state index in [1.165, 1.54) is 26.4 Å². The van der Waals surface area contributed by atoms with Gasteiger partial charge in [0.15, 0.2) is 5.78 Å². The molecule has 1 fully saturated rings. The molecule has 4 amide bonds. The summed E-state index contributed by atoms with van der Waals surface area (Å²) in [6.07, 6.45) is 5.89. The lowest BCUT2D eigenvalue weighted by Gasteiger charge is -2.42. The van der Waals surface area contributed by atoms with Crippen LogP contribution in [0, 0.1) is 5.41 Å². The second-order valence-electron chi connectivity index (χ2n) is 6.32. The van der Waals surface area contributed by atoms with Crippen molar-refractivity contribution in [1.29, 1.82) is 0 Å². The molecule has 26 heavy (non-hydrogen) atoms. The van der Waals surface area contributed by atoms with Crippen molar-refractivity contribution in [3.8, 4) is 0 Å². The first-order valence-corrected chi connectivity index (χ1v) is 8.55. The molecule has 1 atom stereocenters. The van der Waals surface area contributed by atoms with E-state index < -0.39 is 35.6 Å². The minimum atomic E-state index is -1.48. The van der Waals surface area contributed by atoms with Crippen LogP contribution in [0.4, 0.5) is 4.79 Å². The summed E-state index contributed by atoms with van der Waals surface area (Å²) in [5.41, 5.74) is -0.537. The summed E-state index contributed by atoms with van der Waals surface area (Å²) in [6.45, 7) is 4.86. The fourth-order valence-electron chi connectivity index (χ4n) is 3.18. The van der Waals surface area contributed by atoms with Crippen LogP contribution in [-0.2, 0) is 9.59 Å². The van der Waals surface area contributed by atoms with Crippen molar-refractivity contribution in [2.24, 2.45) is 5.41 Å². The Morgan fingerprint density at radius 1 is 1.23 bits per heavy atom. The highest BCUT2D eigenvalue weighted by atomic mass is 16.2. The number of allylic oxidation sites excluding steroid dienone is 1. The van der Waals surface area contributed by atoms with E-state index in [2.05, 4.69) is 4.98 Å². The minimum Gasteiger partial charge on any atom is -0.292 e. The second-order valence-corrected chi connectivity index (χ2v) is 6.32. The third-order valence-corrected chi connectivity index (χ3v) is 4.68. The first kappa shape index (κ1) is 19.5. The van der Waals surface area contributed by atoms with E-state index in [0.717, 1.165) is 9.80 Å². The van der Waals surface area contributed by atoms with Crippen molar-refractivity contribution >= 4 is 23.6 Å². The standard InChI is InChI=1S/C19H23N3O4/c1-5-8-14(6-2)19(3)16(24)21(4)18(26)22(17(19)25)12-15(23)13-9-7-10-20-11-13/h7-11H,5-6,12H2,1-4H3/b14-8+. The highest BCUT2D eigenvalue weighted by molar-refractivity contribution is 6.21. The van der Waals surface area contributed by atoms with Crippen LogP contribution in [0.15, 0.2) is 36.2 Å². The van der Waals surface area contributed by atoms with E-state index >= 15 is 0 Å². The summed E-state index contributed by atoms with van der Waals surface area (Å²) in [5, 5.41) is 0. The maximum Gasteiger partial charge on any atom is 0.333 e. The van der Waals surface area contributed by atoms with Gasteiger partial charge in [0, 0.05) is 25.0 Å². The Hall–Kier alpha value is -2.83. The van der Waals surface area contributed by atoms with Crippen molar-refractivity contribution in [3.05, 3.63) is 41.7 Å². The van der Waals surface area contributed by atoms with Crippen LogP contribution in [0.5, 0.6) is 0 Å². The number of carbonyl (C=O) groups is 4. The number of pyridine rings is 1. The van der Waals surface area contributed by atoms with Gasteiger partial charge in [0.05, 0.1) is 6.54 Å². The van der Waals surface area contributed by atoms with Gasteiger partial charge in [-0.05, 0) is 37.5 Å². The predicted molar refractivity (Wildman–Crippen MR) is 95.2 cm³/mol. The normalized spacial score (nSPS) is 21.4. The molecule has 0 N–H and O–H groups in total. The number of rotatable bonds is 6. The largest absolute Gasteiger partial charge is 0.333 e. The highest BCUT2D eigenvalue weighted by Crippen LogP contribution is 2.37. The fraction of sp³-hybridized carbons (Fsp3) is 0.421. The van der Waals surface area contributed by atoms with Gasteiger partial charge in [-0.25, -0.2) is 4.79 Å². The Morgan fingerprint density at radius 3 is 2.46 bits per heavy atom. The highest BCUT2D eigenvalue weighted by Gasteiger charge is 2.55. The van der Waals surface area contributed by atoms with Gasteiger partial charge in [0.25, 0.3) is 5.91 Å². The number of imide groups is 2. The number of nitrogens with zero attached hydrogens (tertiary/aromatic N) is 3. The number of urea groups is 1. The monoisotopic (exact) mass is 357 g/mol. The number of amides is 4. The minimum absolute atomic E-state index is 0.300. The van der Waals surface area contributed by atoms with Gasteiger partial charge in [-0.2, -0.15) is 0 Å².